The Morgan fingerprint density at radius 1 is 1.22 bits per heavy atom. The van der Waals surface area contributed by atoms with Crippen LogP contribution in [0.3, 0.4) is 0 Å². The third-order valence-corrected chi connectivity index (χ3v) is 9.21. The number of rotatable bonds is 5. The fourth-order valence-corrected chi connectivity index (χ4v) is 7.01. The second kappa shape index (κ2) is 8.34. The number of fused-ring (bicyclic) bond motifs is 1. The highest BCUT2D eigenvalue weighted by molar-refractivity contribution is 6.32. The van der Waals surface area contributed by atoms with Crippen LogP contribution in [-0.4, -0.2) is 74.4 Å². The van der Waals surface area contributed by atoms with Crippen LogP contribution >= 0.6 is 11.6 Å². The van der Waals surface area contributed by atoms with E-state index in [1.807, 2.05) is 28.6 Å². The van der Waals surface area contributed by atoms with Gasteiger partial charge in [-0.2, -0.15) is 5.10 Å². The van der Waals surface area contributed by atoms with E-state index in [9.17, 15) is 5.11 Å². The Kier molecular flexibility index (Phi) is 5.29. The number of hydrogen-bond donors (Lipinski definition) is 2. The zero-order valence-electron chi connectivity index (χ0n) is 20.2. The Morgan fingerprint density at radius 3 is 2.75 bits per heavy atom. The average molecular weight is 513 g/mol. The maximum atomic E-state index is 15.5. The van der Waals surface area contributed by atoms with Crippen molar-refractivity contribution in [2.24, 2.45) is 5.92 Å². The summed E-state index contributed by atoms with van der Waals surface area (Å²) >= 11 is 6.66. The molecule has 0 amide bonds. The van der Waals surface area contributed by atoms with Crippen molar-refractivity contribution in [1.29, 1.82) is 0 Å². The molecule has 2 bridgehead atoms. The van der Waals surface area contributed by atoms with Crippen LogP contribution in [0.25, 0.3) is 10.9 Å². The quantitative estimate of drug-likeness (QED) is 0.535. The molecule has 3 saturated carbocycles. The maximum Gasteiger partial charge on any atom is 0.227 e. The average Bonchev–Trinajstić information content (AvgIpc) is 3.38. The molecule has 3 aromatic rings. The number of aliphatic hydroxyl groups excluding tert-OH is 1. The van der Waals surface area contributed by atoms with Gasteiger partial charge in [0, 0.05) is 24.0 Å². The third-order valence-electron chi connectivity index (χ3n) is 8.84. The van der Waals surface area contributed by atoms with E-state index in [0.717, 1.165) is 53.8 Å². The highest BCUT2D eigenvalue weighted by Crippen LogP contribution is 2.63. The molecule has 0 unspecified atom stereocenters. The SMILES string of the molecule is Cc1cc2cnc(Nc3cnn(C45CC(C4)C5)c3Cl)nc2cc1[C@H]1CCN([C@H]2COC[C@H]2O)C[C@@H]1F. The number of nitrogens with zero attached hydrogens (tertiary/aromatic N) is 5. The number of ether oxygens (including phenoxy) is 1. The van der Waals surface area contributed by atoms with Gasteiger partial charge in [-0.15, -0.1) is 0 Å². The highest BCUT2D eigenvalue weighted by Gasteiger charge is 2.59. The van der Waals surface area contributed by atoms with Crippen LogP contribution in [-0.2, 0) is 10.3 Å². The lowest BCUT2D eigenvalue weighted by Crippen LogP contribution is -2.59. The zero-order chi connectivity index (χ0) is 24.6. The Morgan fingerprint density at radius 2 is 2.06 bits per heavy atom. The molecule has 4 atom stereocenters. The molecule has 1 aromatic carbocycles. The monoisotopic (exact) mass is 512 g/mol. The number of piperidine rings is 1. The number of anilines is 2. The predicted molar refractivity (Wildman–Crippen MR) is 135 cm³/mol. The molecule has 2 aromatic heterocycles. The molecule has 5 aliphatic rings. The molecule has 0 radical (unpaired) electrons. The summed E-state index contributed by atoms with van der Waals surface area (Å²) in [5, 5.41) is 19.4. The molecule has 8 rings (SSSR count). The van der Waals surface area contributed by atoms with E-state index in [1.165, 1.54) is 0 Å². The predicted octanol–water partition coefficient (Wildman–Crippen LogP) is 3.93. The van der Waals surface area contributed by atoms with Crippen molar-refractivity contribution in [2.75, 3.05) is 31.6 Å². The van der Waals surface area contributed by atoms with Crippen LogP contribution in [0.4, 0.5) is 16.0 Å². The summed E-state index contributed by atoms with van der Waals surface area (Å²) in [6, 6.07) is 3.93. The van der Waals surface area contributed by atoms with E-state index in [1.54, 1.807) is 12.4 Å². The van der Waals surface area contributed by atoms with E-state index in [2.05, 4.69) is 15.4 Å². The number of hydrogen-bond acceptors (Lipinski definition) is 7. The summed E-state index contributed by atoms with van der Waals surface area (Å²) in [6.07, 6.45) is 6.12. The Labute approximate surface area is 213 Å². The van der Waals surface area contributed by atoms with Gasteiger partial charge in [0.25, 0.3) is 0 Å². The molecule has 8 nitrogen and oxygen atoms in total. The van der Waals surface area contributed by atoms with Gasteiger partial charge in [-0.3, -0.25) is 4.90 Å². The molecule has 2 saturated heterocycles. The number of likely N-dealkylation sites (tertiary alicyclic amines) is 1. The first-order chi connectivity index (χ1) is 17.4. The number of halogens is 2. The number of aryl methyl sites for hydroxylation is 1. The Hall–Kier alpha value is -2.33. The Balaban J connectivity index is 1.12. The zero-order valence-corrected chi connectivity index (χ0v) is 21.0. The van der Waals surface area contributed by atoms with Crippen LogP contribution < -0.4 is 5.32 Å². The maximum absolute atomic E-state index is 15.5. The Bertz CT molecular complexity index is 1320. The van der Waals surface area contributed by atoms with E-state index >= 15 is 4.39 Å². The number of nitrogens with one attached hydrogen (secondary N) is 1. The van der Waals surface area contributed by atoms with E-state index < -0.39 is 12.3 Å². The van der Waals surface area contributed by atoms with Gasteiger partial charge < -0.3 is 15.2 Å². The van der Waals surface area contributed by atoms with Gasteiger partial charge in [-0.25, -0.2) is 19.0 Å². The first-order valence-corrected chi connectivity index (χ1v) is 13.2. The summed E-state index contributed by atoms with van der Waals surface area (Å²) in [5.41, 5.74) is 3.60. The lowest BCUT2D eigenvalue weighted by atomic mass is 9.50. The molecular formula is C26H30ClFN6O2. The molecule has 4 heterocycles. The summed E-state index contributed by atoms with van der Waals surface area (Å²) in [5.74, 6) is 1.07. The molecule has 10 heteroatoms. The van der Waals surface area contributed by atoms with Crippen LogP contribution in [0.15, 0.2) is 24.5 Å². The van der Waals surface area contributed by atoms with Crippen LogP contribution in [0.2, 0.25) is 5.15 Å². The lowest BCUT2D eigenvalue weighted by Gasteiger charge is -2.61. The minimum absolute atomic E-state index is 0.111. The number of alkyl halides is 1. The summed E-state index contributed by atoms with van der Waals surface area (Å²) in [4.78, 5) is 11.3. The fourth-order valence-electron chi connectivity index (χ4n) is 6.69. The van der Waals surface area contributed by atoms with Crippen molar-refractivity contribution >= 4 is 34.1 Å². The van der Waals surface area contributed by atoms with Gasteiger partial charge >= 0.3 is 0 Å². The van der Waals surface area contributed by atoms with Crippen LogP contribution in [0.1, 0.15) is 42.7 Å². The van der Waals surface area contributed by atoms with Gasteiger partial charge in [0.2, 0.25) is 5.95 Å². The second-order valence-corrected chi connectivity index (χ2v) is 11.5. The van der Waals surface area contributed by atoms with Crippen molar-refractivity contribution < 1.29 is 14.2 Å². The third kappa shape index (κ3) is 3.55. The molecule has 36 heavy (non-hydrogen) atoms. The highest BCUT2D eigenvalue weighted by atomic mass is 35.5. The molecule has 0 spiro atoms. The first-order valence-electron chi connectivity index (χ1n) is 12.8. The van der Waals surface area contributed by atoms with Gasteiger partial charge in [0.05, 0.1) is 48.3 Å². The van der Waals surface area contributed by atoms with E-state index in [0.29, 0.717) is 43.0 Å². The fraction of sp³-hybridized carbons (Fsp3) is 0.577. The number of aliphatic hydroxyl groups is 1. The van der Waals surface area contributed by atoms with Gasteiger partial charge in [0.1, 0.15) is 6.17 Å². The largest absolute Gasteiger partial charge is 0.389 e. The number of benzene rings is 1. The molecule has 2 N–H and O–H groups in total. The summed E-state index contributed by atoms with van der Waals surface area (Å²) < 4.78 is 22.8. The lowest BCUT2D eigenvalue weighted by molar-refractivity contribution is -0.0975. The smallest absolute Gasteiger partial charge is 0.227 e. The molecule has 3 aliphatic carbocycles. The van der Waals surface area contributed by atoms with Crippen molar-refractivity contribution in [2.45, 2.75) is 62.4 Å². The van der Waals surface area contributed by atoms with Gasteiger partial charge in [-0.05, 0) is 68.3 Å². The normalized spacial score (nSPS) is 33.9. The van der Waals surface area contributed by atoms with E-state index in [-0.39, 0.29) is 17.5 Å². The summed E-state index contributed by atoms with van der Waals surface area (Å²) in [6.45, 7) is 3.84. The van der Waals surface area contributed by atoms with Gasteiger partial charge in [-0.1, -0.05) is 11.6 Å². The first kappa shape index (κ1) is 22.8. The van der Waals surface area contributed by atoms with Crippen molar-refractivity contribution in [3.05, 3.63) is 40.8 Å². The minimum Gasteiger partial charge on any atom is -0.389 e. The van der Waals surface area contributed by atoms with Crippen LogP contribution in [0.5, 0.6) is 0 Å². The number of aromatic nitrogens is 4. The second-order valence-electron chi connectivity index (χ2n) is 11.1. The van der Waals surface area contributed by atoms with Crippen molar-refractivity contribution in [3.63, 3.8) is 0 Å². The topological polar surface area (TPSA) is 88.3 Å². The molecule has 2 aliphatic heterocycles. The standard InChI is InChI=1S/C26H30ClFN6O2/c1-14-4-16-9-29-25(32-21-10-30-34(24(21)27)26-6-15(7-26)8-26)31-20(16)5-18(14)17-2-3-33(11-19(17)28)22-12-36-13-23(22)35/h4-5,9-10,15,17,19,22-23,35H,2-3,6-8,11-13H2,1H3,(H,29,31,32)/t15?,17-,19+,22+,23-,26?/m1/s1. The molecular weight excluding hydrogens is 483 g/mol. The minimum atomic E-state index is -1.02. The summed E-state index contributed by atoms with van der Waals surface area (Å²) in [7, 11) is 0. The molecule has 190 valence electrons. The van der Waals surface area contributed by atoms with E-state index in [4.69, 9.17) is 21.3 Å². The van der Waals surface area contributed by atoms with Crippen LogP contribution in [0, 0.1) is 12.8 Å². The molecule has 5 fully saturated rings. The van der Waals surface area contributed by atoms with Gasteiger partial charge in [0.15, 0.2) is 5.15 Å². The van der Waals surface area contributed by atoms with Crippen molar-refractivity contribution in [1.82, 2.24) is 24.6 Å². The van der Waals surface area contributed by atoms with Crippen molar-refractivity contribution in [3.8, 4) is 0 Å².